The fourth-order valence-electron chi connectivity index (χ4n) is 3.90. The largest absolute Gasteiger partial charge is 0.396 e. The summed E-state index contributed by atoms with van der Waals surface area (Å²) in [4.78, 5) is 22.2. The van der Waals surface area contributed by atoms with Gasteiger partial charge in [0.2, 0.25) is 5.91 Å². The Morgan fingerprint density at radius 3 is 2.77 bits per heavy atom. The van der Waals surface area contributed by atoms with Gasteiger partial charge in [0.05, 0.1) is 21.2 Å². The SMILES string of the molecule is C=CC(=O)N1CC(CCO)(c2ccc3ncnc(Nc4ccc(Cl)c(Cl)c4F)c3c2)C1. The molecule has 1 aromatic heterocycles. The van der Waals surface area contributed by atoms with Gasteiger partial charge in [0.15, 0.2) is 5.82 Å². The lowest BCUT2D eigenvalue weighted by Crippen LogP contribution is -2.61. The van der Waals surface area contributed by atoms with Crippen molar-refractivity contribution in [1.29, 1.82) is 0 Å². The summed E-state index contributed by atoms with van der Waals surface area (Å²) in [5, 5.41) is 13.2. The molecule has 31 heavy (non-hydrogen) atoms. The molecule has 1 fully saturated rings. The first-order chi connectivity index (χ1) is 14.9. The van der Waals surface area contributed by atoms with Crippen LogP contribution in [0.2, 0.25) is 10.0 Å². The van der Waals surface area contributed by atoms with Gasteiger partial charge < -0.3 is 15.3 Å². The van der Waals surface area contributed by atoms with E-state index >= 15 is 0 Å². The van der Waals surface area contributed by atoms with Crippen LogP contribution in [0.5, 0.6) is 0 Å². The predicted octanol–water partition coefficient (Wildman–Crippen LogP) is 4.47. The van der Waals surface area contributed by atoms with Gasteiger partial charge in [0, 0.05) is 30.5 Å². The summed E-state index contributed by atoms with van der Waals surface area (Å²) in [6.45, 7) is 4.46. The number of nitrogens with zero attached hydrogens (tertiary/aromatic N) is 3. The van der Waals surface area contributed by atoms with Gasteiger partial charge in [-0.15, -0.1) is 0 Å². The first-order valence-electron chi connectivity index (χ1n) is 9.56. The van der Waals surface area contributed by atoms with E-state index in [2.05, 4.69) is 21.9 Å². The van der Waals surface area contributed by atoms with Crippen molar-refractivity contribution in [3.8, 4) is 0 Å². The molecular weight excluding hydrogens is 442 g/mol. The first-order valence-corrected chi connectivity index (χ1v) is 10.3. The standard InChI is InChI=1S/C22H19Cl2FN4O2/c1-2-18(31)29-10-22(11-29,7-8-30)13-3-5-16-14(9-13)21(27-12-26-16)28-17-6-4-15(23)19(24)20(17)25/h2-6,9,12,30H,1,7-8,10-11H2,(H,26,27,28). The van der Waals surface area contributed by atoms with Gasteiger partial charge in [-0.25, -0.2) is 14.4 Å². The van der Waals surface area contributed by atoms with Crippen LogP contribution in [0, 0.1) is 5.82 Å². The van der Waals surface area contributed by atoms with Crippen LogP contribution in [0.1, 0.15) is 12.0 Å². The second kappa shape index (κ2) is 8.42. The van der Waals surface area contributed by atoms with Crippen LogP contribution in [0.15, 0.2) is 49.3 Å². The van der Waals surface area contributed by atoms with Crippen LogP contribution in [0.25, 0.3) is 10.9 Å². The van der Waals surface area contributed by atoms with E-state index in [4.69, 9.17) is 23.2 Å². The van der Waals surface area contributed by atoms with Crippen molar-refractivity contribution in [3.05, 3.63) is 70.7 Å². The minimum atomic E-state index is -0.675. The van der Waals surface area contributed by atoms with Gasteiger partial charge >= 0.3 is 0 Å². The molecule has 2 N–H and O–H groups in total. The highest BCUT2D eigenvalue weighted by Gasteiger charge is 2.45. The Morgan fingerprint density at radius 1 is 1.29 bits per heavy atom. The van der Waals surface area contributed by atoms with Crippen LogP contribution in [-0.2, 0) is 10.2 Å². The zero-order valence-electron chi connectivity index (χ0n) is 16.4. The van der Waals surface area contributed by atoms with Gasteiger partial charge in [-0.2, -0.15) is 0 Å². The second-order valence-electron chi connectivity index (χ2n) is 7.45. The minimum Gasteiger partial charge on any atom is -0.396 e. The summed E-state index contributed by atoms with van der Waals surface area (Å²) < 4.78 is 14.5. The molecule has 0 unspecified atom stereocenters. The number of halogens is 3. The van der Waals surface area contributed by atoms with Gasteiger partial charge in [-0.3, -0.25) is 4.79 Å². The summed E-state index contributed by atoms with van der Waals surface area (Å²) in [5.74, 6) is -0.414. The molecule has 1 amide bonds. The highest BCUT2D eigenvalue weighted by Crippen LogP contribution is 2.40. The molecule has 0 aliphatic carbocycles. The summed E-state index contributed by atoms with van der Waals surface area (Å²) in [5.41, 5.74) is 1.36. The van der Waals surface area contributed by atoms with Gasteiger partial charge in [0.1, 0.15) is 12.1 Å². The van der Waals surface area contributed by atoms with E-state index in [1.807, 2.05) is 18.2 Å². The van der Waals surface area contributed by atoms with Crippen molar-refractivity contribution in [1.82, 2.24) is 14.9 Å². The number of carbonyl (C=O) groups excluding carboxylic acids is 1. The third-order valence-electron chi connectivity index (χ3n) is 5.60. The number of hydrogen-bond donors (Lipinski definition) is 2. The number of nitrogens with one attached hydrogen (secondary N) is 1. The minimum absolute atomic E-state index is 0.0148. The smallest absolute Gasteiger partial charge is 0.246 e. The lowest BCUT2D eigenvalue weighted by molar-refractivity contribution is -0.134. The van der Waals surface area contributed by atoms with Crippen molar-refractivity contribution in [2.75, 3.05) is 25.0 Å². The average molecular weight is 461 g/mol. The number of hydrogen-bond acceptors (Lipinski definition) is 5. The molecule has 9 heteroatoms. The number of rotatable bonds is 6. The van der Waals surface area contributed by atoms with Crippen molar-refractivity contribution >= 4 is 51.5 Å². The fourth-order valence-corrected chi connectivity index (χ4v) is 4.22. The molecule has 2 aromatic carbocycles. The lowest BCUT2D eigenvalue weighted by Gasteiger charge is -2.50. The highest BCUT2D eigenvalue weighted by atomic mass is 35.5. The number of likely N-dealkylation sites (tertiary alicyclic amines) is 1. The zero-order valence-corrected chi connectivity index (χ0v) is 17.9. The first kappa shape index (κ1) is 21.5. The maximum Gasteiger partial charge on any atom is 0.246 e. The third-order valence-corrected chi connectivity index (χ3v) is 6.38. The molecule has 0 bridgehead atoms. The van der Waals surface area contributed by atoms with Crippen molar-refractivity contribution in [2.24, 2.45) is 0 Å². The van der Waals surface area contributed by atoms with Crippen molar-refractivity contribution in [2.45, 2.75) is 11.8 Å². The molecule has 0 atom stereocenters. The molecule has 0 spiro atoms. The molecule has 4 rings (SSSR count). The van der Waals surface area contributed by atoms with Crippen LogP contribution in [0.3, 0.4) is 0 Å². The molecule has 3 aromatic rings. The molecule has 1 aliphatic rings. The molecule has 0 radical (unpaired) electrons. The predicted molar refractivity (Wildman–Crippen MR) is 119 cm³/mol. The Balaban J connectivity index is 1.73. The summed E-state index contributed by atoms with van der Waals surface area (Å²) in [6.07, 6.45) is 3.17. The Labute approximate surface area is 188 Å². The summed E-state index contributed by atoms with van der Waals surface area (Å²) >= 11 is 11.8. The number of fused-ring (bicyclic) bond motifs is 1. The third kappa shape index (κ3) is 3.84. The quantitative estimate of drug-likeness (QED) is 0.419. The number of aliphatic hydroxyl groups excluding tert-OH is 1. The number of amides is 1. The van der Waals surface area contributed by atoms with E-state index < -0.39 is 5.82 Å². The van der Waals surface area contributed by atoms with Gasteiger partial charge in [-0.05, 0) is 42.3 Å². The molecule has 6 nitrogen and oxygen atoms in total. The summed E-state index contributed by atoms with van der Waals surface area (Å²) in [6, 6.07) is 8.68. The molecule has 1 saturated heterocycles. The number of aromatic nitrogens is 2. The fraction of sp³-hybridized carbons (Fsp3) is 0.227. The number of aliphatic hydroxyl groups is 1. The van der Waals surface area contributed by atoms with Crippen molar-refractivity contribution < 1.29 is 14.3 Å². The number of anilines is 2. The zero-order chi connectivity index (χ0) is 22.2. The van der Waals surface area contributed by atoms with E-state index in [0.29, 0.717) is 36.2 Å². The van der Waals surface area contributed by atoms with E-state index in [-0.39, 0.29) is 33.7 Å². The monoisotopic (exact) mass is 460 g/mol. The van der Waals surface area contributed by atoms with Gasteiger partial charge in [0.25, 0.3) is 0 Å². The topological polar surface area (TPSA) is 78.4 Å². The van der Waals surface area contributed by atoms with Crippen molar-refractivity contribution in [3.63, 3.8) is 0 Å². The number of benzene rings is 2. The molecule has 2 heterocycles. The van der Waals surface area contributed by atoms with E-state index in [0.717, 1.165) is 5.56 Å². The molecule has 0 saturated carbocycles. The van der Waals surface area contributed by atoms with Crippen LogP contribution in [-0.4, -0.2) is 45.6 Å². The maximum absolute atomic E-state index is 14.5. The lowest BCUT2D eigenvalue weighted by atomic mass is 9.71. The maximum atomic E-state index is 14.5. The highest BCUT2D eigenvalue weighted by molar-refractivity contribution is 6.42. The average Bonchev–Trinajstić information content (AvgIpc) is 2.75. The Morgan fingerprint density at radius 2 is 2.06 bits per heavy atom. The normalized spacial score (nSPS) is 14.9. The van der Waals surface area contributed by atoms with E-state index in [1.165, 1.54) is 24.5 Å². The van der Waals surface area contributed by atoms with Crippen LogP contribution < -0.4 is 5.32 Å². The van der Waals surface area contributed by atoms with Gasteiger partial charge in [-0.1, -0.05) is 35.8 Å². The van der Waals surface area contributed by atoms with E-state index in [1.54, 1.807) is 4.90 Å². The number of carbonyl (C=O) groups is 1. The van der Waals surface area contributed by atoms with Crippen LogP contribution >= 0.6 is 23.2 Å². The van der Waals surface area contributed by atoms with Crippen LogP contribution in [0.4, 0.5) is 15.9 Å². The Bertz CT molecular complexity index is 1180. The molecular formula is C22H19Cl2FN4O2. The Kier molecular flexibility index (Phi) is 5.83. The van der Waals surface area contributed by atoms with E-state index in [9.17, 15) is 14.3 Å². The Hall–Kier alpha value is -2.74. The molecule has 160 valence electrons. The summed E-state index contributed by atoms with van der Waals surface area (Å²) in [7, 11) is 0. The molecule has 1 aliphatic heterocycles. The second-order valence-corrected chi connectivity index (χ2v) is 8.24.